The number of nitrogens with two attached hydrogens (primary N) is 1. The van der Waals surface area contributed by atoms with Gasteiger partial charge in [-0.15, -0.1) is 0 Å². The Hall–Kier alpha value is -4.35. The van der Waals surface area contributed by atoms with Crippen LogP contribution in [-0.4, -0.2) is 43.1 Å². The summed E-state index contributed by atoms with van der Waals surface area (Å²) in [7, 11) is 1.53. The number of para-hydroxylation sites is 1. The topological polar surface area (TPSA) is 135 Å². The molecule has 3 aromatic rings. The fraction of sp³-hybridized carbons (Fsp3) is 0.276. The normalized spacial score (nSPS) is 11.8. The molecule has 3 rings (SSSR count). The summed E-state index contributed by atoms with van der Waals surface area (Å²) < 4.78 is 33.3. The van der Waals surface area contributed by atoms with Crippen molar-refractivity contribution >= 4 is 23.5 Å². The second-order valence-corrected chi connectivity index (χ2v) is 9.63. The molecule has 0 fully saturated rings. The Morgan fingerprint density at radius 1 is 0.950 bits per heavy atom. The summed E-state index contributed by atoms with van der Waals surface area (Å²) in [5, 5.41) is 10.6. The van der Waals surface area contributed by atoms with E-state index in [2.05, 4.69) is 21.3 Å². The molecule has 0 aliphatic carbocycles. The van der Waals surface area contributed by atoms with Gasteiger partial charge in [-0.1, -0.05) is 48.5 Å². The summed E-state index contributed by atoms with van der Waals surface area (Å²) in [5.41, 5.74) is 7.38. The second kappa shape index (κ2) is 13.6. The smallest absolute Gasteiger partial charge is 0.318 e. The molecule has 0 saturated heterocycles. The van der Waals surface area contributed by atoms with Crippen molar-refractivity contribution in [1.82, 2.24) is 16.0 Å². The molecule has 11 heteroatoms. The zero-order chi connectivity index (χ0) is 29.3. The molecule has 0 aromatic heterocycles. The molecule has 0 unspecified atom stereocenters. The average molecular weight is 554 g/mol. The van der Waals surface area contributed by atoms with Crippen LogP contribution in [-0.2, 0) is 27.5 Å². The number of hydrogen-bond donors (Lipinski definition) is 5. The molecule has 0 bridgehead atoms. The lowest BCUT2D eigenvalue weighted by Gasteiger charge is -2.24. The fourth-order valence-corrected chi connectivity index (χ4v) is 3.62. The van der Waals surface area contributed by atoms with Gasteiger partial charge in [-0.05, 0) is 43.2 Å². The van der Waals surface area contributed by atoms with E-state index in [1.54, 1.807) is 6.07 Å². The van der Waals surface area contributed by atoms with Crippen LogP contribution in [0.5, 0.6) is 0 Å². The lowest BCUT2D eigenvalue weighted by molar-refractivity contribution is -0.132. The van der Waals surface area contributed by atoms with Gasteiger partial charge in [0, 0.05) is 24.7 Å². The zero-order valence-electron chi connectivity index (χ0n) is 22.5. The molecular weight excluding hydrogens is 520 g/mol. The van der Waals surface area contributed by atoms with Crippen LogP contribution >= 0.6 is 0 Å². The second-order valence-electron chi connectivity index (χ2n) is 9.63. The predicted octanol–water partition coefficient (Wildman–Crippen LogP) is 3.44. The van der Waals surface area contributed by atoms with E-state index in [9.17, 15) is 23.2 Å². The zero-order valence-corrected chi connectivity index (χ0v) is 22.5. The fourth-order valence-electron chi connectivity index (χ4n) is 3.62. The van der Waals surface area contributed by atoms with Crippen molar-refractivity contribution in [2.45, 2.75) is 38.6 Å². The third-order valence-corrected chi connectivity index (χ3v) is 5.93. The molecule has 212 valence electrons. The Morgan fingerprint density at radius 3 is 2.23 bits per heavy atom. The van der Waals surface area contributed by atoms with Crippen LogP contribution in [0, 0.1) is 11.6 Å². The summed E-state index contributed by atoms with van der Waals surface area (Å²) in [6, 6.07) is 16.6. The maximum Gasteiger partial charge on any atom is 0.318 e. The molecule has 1 atom stereocenters. The number of halogens is 2. The molecule has 3 aromatic carbocycles. The van der Waals surface area contributed by atoms with Gasteiger partial charge in [0.25, 0.3) is 0 Å². The number of anilines is 1. The number of benzene rings is 3. The number of urea groups is 1. The van der Waals surface area contributed by atoms with Gasteiger partial charge in [-0.2, -0.15) is 0 Å². The first kappa shape index (κ1) is 30.2. The Labute approximate surface area is 231 Å². The molecule has 0 radical (unpaired) electrons. The van der Waals surface area contributed by atoms with E-state index in [0.29, 0.717) is 5.69 Å². The minimum Gasteiger partial charge on any atom is -0.374 e. The van der Waals surface area contributed by atoms with Gasteiger partial charge in [0.2, 0.25) is 11.8 Å². The van der Waals surface area contributed by atoms with Crippen molar-refractivity contribution in [2.75, 3.05) is 19.0 Å². The summed E-state index contributed by atoms with van der Waals surface area (Å²) in [4.78, 5) is 37.2. The lowest BCUT2D eigenvalue weighted by atomic mass is 10.0. The highest BCUT2D eigenvalue weighted by atomic mass is 19.1. The Kier molecular flexibility index (Phi) is 10.3. The molecule has 0 spiro atoms. The lowest BCUT2D eigenvalue weighted by Crippen LogP contribution is -2.57. The van der Waals surface area contributed by atoms with Gasteiger partial charge >= 0.3 is 6.03 Å². The third-order valence-electron chi connectivity index (χ3n) is 5.93. The van der Waals surface area contributed by atoms with Crippen molar-refractivity contribution in [2.24, 2.45) is 5.73 Å². The molecular formula is C29H33F2N5O4. The standard InChI is InChI=1S/C29H33F2N5O4/c1-29(2,32)27(38)35-25(17-40-16-21-22(30)8-6-9-23(21)31)26(37)34-15-18-11-13-19(14-12-18)20-7-4-5-10-24(20)36-28(39)33-3/h4-14,25H,15-17,32H2,1-3H3,(H,34,37)(H,35,38)(H2,33,36,39)/t25-/m1/s1. The molecule has 0 aliphatic heterocycles. The highest BCUT2D eigenvalue weighted by molar-refractivity contribution is 5.94. The van der Waals surface area contributed by atoms with E-state index >= 15 is 0 Å². The minimum atomic E-state index is -1.27. The van der Waals surface area contributed by atoms with Crippen molar-refractivity contribution in [1.29, 1.82) is 0 Å². The average Bonchev–Trinajstić information content (AvgIpc) is 2.92. The quantitative estimate of drug-likeness (QED) is 0.248. The largest absolute Gasteiger partial charge is 0.374 e. The summed E-state index contributed by atoms with van der Waals surface area (Å²) in [6.07, 6.45) is 0. The maximum absolute atomic E-state index is 13.9. The Balaban J connectivity index is 1.66. The molecule has 40 heavy (non-hydrogen) atoms. The molecule has 0 aliphatic rings. The van der Waals surface area contributed by atoms with E-state index in [1.165, 1.54) is 27.0 Å². The molecule has 4 amide bonds. The Morgan fingerprint density at radius 2 is 1.60 bits per heavy atom. The van der Waals surface area contributed by atoms with Crippen molar-refractivity contribution in [3.05, 3.63) is 89.5 Å². The molecule has 0 heterocycles. The minimum absolute atomic E-state index is 0.136. The SMILES string of the molecule is CNC(=O)Nc1ccccc1-c1ccc(CNC(=O)[C@@H](COCc2c(F)cccc2F)NC(=O)C(C)(C)N)cc1. The Bertz CT molecular complexity index is 1320. The highest BCUT2D eigenvalue weighted by Crippen LogP contribution is 2.28. The number of amides is 4. The first-order valence-electron chi connectivity index (χ1n) is 12.5. The van der Waals surface area contributed by atoms with Crippen LogP contribution < -0.4 is 27.0 Å². The van der Waals surface area contributed by atoms with Crippen LogP contribution in [0.2, 0.25) is 0 Å². The van der Waals surface area contributed by atoms with E-state index in [0.717, 1.165) is 28.8 Å². The molecule has 6 N–H and O–H groups in total. The van der Waals surface area contributed by atoms with Crippen molar-refractivity contribution < 1.29 is 27.9 Å². The van der Waals surface area contributed by atoms with Gasteiger partial charge in [-0.25, -0.2) is 13.6 Å². The molecule has 0 saturated carbocycles. The summed E-state index contributed by atoms with van der Waals surface area (Å²) in [5.74, 6) is -2.70. The van der Waals surface area contributed by atoms with Gasteiger partial charge < -0.3 is 31.7 Å². The van der Waals surface area contributed by atoms with Crippen LogP contribution in [0.4, 0.5) is 19.3 Å². The van der Waals surface area contributed by atoms with E-state index in [1.807, 2.05) is 42.5 Å². The first-order chi connectivity index (χ1) is 19.0. The summed E-state index contributed by atoms with van der Waals surface area (Å²) >= 11 is 0. The first-order valence-corrected chi connectivity index (χ1v) is 12.5. The number of rotatable bonds is 11. The van der Waals surface area contributed by atoms with Crippen molar-refractivity contribution in [3.8, 4) is 11.1 Å². The van der Waals surface area contributed by atoms with Gasteiger partial charge in [0.15, 0.2) is 0 Å². The van der Waals surface area contributed by atoms with E-state index < -0.39 is 41.6 Å². The maximum atomic E-state index is 13.9. The number of carbonyl (C=O) groups excluding carboxylic acids is 3. The third kappa shape index (κ3) is 8.32. The predicted molar refractivity (Wildman–Crippen MR) is 148 cm³/mol. The van der Waals surface area contributed by atoms with Gasteiger partial charge in [0.05, 0.1) is 24.4 Å². The number of hydrogen-bond acceptors (Lipinski definition) is 5. The van der Waals surface area contributed by atoms with Gasteiger partial charge in [0.1, 0.15) is 17.7 Å². The van der Waals surface area contributed by atoms with Crippen LogP contribution in [0.1, 0.15) is 25.0 Å². The van der Waals surface area contributed by atoms with Crippen LogP contribution in [0.15, 0.2) is 66.7 Å². The van der Waals surface area contributed by atoms with Crippen molar-refractivity contribution in [3.63, 3.8) is 0 Å². The molecule has 9 nitrogen and oxygen atoms in total. The van der Waals surface area contributed by atoms with E-state index in [4.69, 9.17) is 10.5 Å². The number of ether oxygens (including phenoxy) is 1. The number of nitrogens with one attached hydrogen (secondary N) is 4. The summed E-state index contributed by atoms with van der Waals surface area (Å²) in [6.45, 7) is 2.34. The van der Waals surface area contributed by atoms with E-state index in [-0.39, 0.29) is 24.7 Å². The van der Waals surface area contributed by atoms with Gasteiger partial charge in [-0.3, -0.25) is 9.59 Å². The number of carbonyl (C=O) groups is 3. The highest BCUT2D eigenvalue weighted by Gasteiger charge is 2.28. The van der Waals surface area contributed by atoms with Crippen LogP contribution in [0.25, 0.3) is 11.1 Å². The monoisotopic (exact) mass is 553 g/mol. The van der Waals surface area contributed by atoms with Crippen LogP contribution in [0.3, 0.4) is 0 Å².